The smallest absolute Gasteiger partial charge is 0.0900 e. The standard InChI is InChI=1S/C14H22N4S/c1-6-12-7-13(18(5)17-12)8-15-9(2)14-10(3)16-11(4)19-14/h7,9,15H,6,8H2,1-5H3. The monoisotopic (exact) mass is 278 g/mol. The summed E-state index contributed by atoms with van der Waals surface area (Å²) in [4.78, 5) is 5.81. The third-order valence-electron chi connectivity index (χ3n) is 3.31. The molecule has 0 amide bonds. The van der Waals surface area contributed by atoms with Crippen LogP contribution in [-0.4, -0.2) is 14.8 Å². The third kappa shape index (κ3) is 3.22. The Kier molecular flexibility index (Phi) is 4.37. The fourth-order valence-electron chi connectivity index (χ4n) is 2.21. The molecule has 2 rings (SSSR count). The van der Waals surface area contributed by atoms with Crippen LogP contribution in [0.4, 0.5) is 0 Å². The zero-order valence-electron chi connectivity index (χ0n) is 12.3. The van der Waals surface area contributed by atoms with Crippen LogP contribution in [0.25, 0.3) is 0 Å². The summed E-state index contributed by atoms with van der Waals surface area (Å²) in [5.41, 5.74) is 3.51. The fraction of sp³-hybridized carbons (Fsp3) is 0.571. The number of nitrogens with one attached hydrogen (secondary N) is 1. The maximum Gasteiger partial charge on any atom is 0.0900 e. The van der Waals surface area contributed by atoms with Gasteiger partial charge in [-0.3, -0.25) is 4.68 Å². The Morgan fingerprint density at radius 1 is 1.42 bits per heavy atom. The van der Waals surface area contributed by atoms with Gasteiger partial charge in [0, 0.05) is 24.5 Å². The van der Waals surface area contributed by atoms with Crippen molar-refractivity contribution in [3.05, 3.63) is 33.0 Å². The van der Waals surface area contributed by atoms with Crippen molar-refractivity contribution in [2.45, 2.75) is 46.7 Å². The van der Waals surface area contributed by atoms with Crippen LogP contribution >= 0.6 is 11.3 Å². The van der Waals surface area contributed by atoms with Crippen molar-refractivity contribution in [2.24, 2.45) is 7.05 Å². The molecule has 0 aliphatic carbocycles. The lowest BCUT2D eigenvalue weighted by molar-refractivity contribution is 0.551. The Morgan fingerprint density at radius 3 is 2.68 bits per heavy atom. The van der Waals surface area contributed by atoms with E-state index in [-0.39, 0.29) is 0 Å². The molecule has 19 heavy (non-hydrogen) atoms. The maximum absolute atomic E-state index is 4.48. The number of hydrogen-bond donors (Lipinski definition) is 1. The average molecular weight is 278 g/mol. The maximum atomic E-state index is 4.48. The van der Waals surface area contributed by atoms with Gasteiger partial charge >= 0.3 is 0 Å². The first kappa shape index (κ1) is 14.2. The first-order valence-electron chi connectivity index (χ1n) is 6.70. The summed E-state index contributed by atoms with van der Waals surface area (Å²) in [6.45, 7) is 9.29. The number of aryl methyl sites for hydroxylation is 4. The van der Waals surface area contributed by atoms with E-state index < -0.39 is 0 Å². The number of nitrogens with zero attached hydrogens (tertiary/aromatic N) is 3. The minimum Gasteiger partial charge on any atom is -0.304 e. The summed E-state index contributed by atoms with van der Waals surface area (Å²) in [7, 11) is 2.00. The lowest BCUT2D eigenvalue weighted by atomic mass is 10.2. The number of rotatable bonds is 5. The summed E-state index contributed by atoms with van der Waals surface area (Å²) in [5.74, 6) is 0. The van der Waals surface area contributed by atoms with Gasteiger partial charge in [-0.1, -0.05) is 6.92 Å². The molecule has 0 spiro atoms. The van der Waals surface area contributed by atoms with Crippen LogP contribution in [0.5, 0.6) is 0 Å². The number of hydrogen-bond acceptors (Lipinski definition) is 4. The van der Waals surface area contributed by atoms with Crippen LogP contribution < -0.4 is 5.32 Å². The molecule has 0 saturated heterocycles. The summed E-state index contributed by atoms with van der Waals surface area (Å²) in [5, 5.41) is 9.16. The van der Waals surface area contributed by atoms with Crippen molar-refractivity contribution < 1.29 is 0 Å². The molecule has 0 aromatic carbocycles. The molecule has 0 saturated carbocycles. The van der Waals surface area contributed by atoms with Gasteiger partial charge in [0.15, 0.2) is 0 Å². The van der Waals surface area contributed by atoms with Crippen molar-refractivity contribution in [3.8, 4) is 0 Å². The van der Waals surface area contributed by atoms with E-state index in [2.05, 4.69) is 49.2 Å². The van der Waals surface area contributed by atoms with E-state index in [0.717, 1.165) is 29.4 Å². The highest BCUT2D eigenvalue weighted by Gasteiger charge is 2.13. The van der Waals surface area contributed by atoms with Gasteiger partial charge in [0.25, 0.3) is 0 Å². The second-order valence-electron chi connectivity index (χ2n) is 4.89. The van der Waals surface area contributed by atoms with Crippen molar-refractivity contribution in [1.82, 2.24) is 20.1 Å². The van der Waals surface area contributed by atoms with Crippen LogP contribution in [0.3, 0.4) is 0 Å². The van der Waals surface area contributed by atoms with Crippen LogP contribution in [0.15, 0.2) is 6.07 Å². The number of thiazole rings is 1. The van der Waals surface area contributed by atoms with E-state index in [9.17, 15) is 0 Å². The molecule has 0 radical (unpaired) electrons. The SMILES string of the molecule is CCc1cc(CNC(C)c2sc(C)nc2C)n(C)n1. The molecule has 1 atom stereocenters. The van der Waals surface area contributed by atoms with Crippen molar-refractivity contribution in [2.75, 3.05) is 0 Å². The van der Waals surface area contributed by atoms with E-state index in [1.54, 1.807) is 11.3 Å². The normalized spacial score (nSPS) is 12.9. The molecule has 0 aliphatic rings. The summed E-state index contributed by atoms with van der Waals surface area (Å²) >= 11 is 1.78. The van der Waals surface area contributed by atoms with Crippen LogP contribution in [0.1, 0.15) is 46.9 Å². The van der Waals surface area contributed by atoms with E-state index in [0.29, 0.717) is 6.04 Å². The van der Waals surface area contributed by atoms with Gasteiger partial charge in [-0.25, -0.2) is 4.98 Å². The zero-order valence-corrected chi connectivity index (χ0v) is 13.1. The quantitative estimate of drug-likeness (QED) is 0.914. The first-order valence-corrected chi connectivity index (χ1v) is 7.52. The Labute approximate surface area is 118 Å². The molecule has 1 N–H and O–H groups in total. The average Bonchev–Trinajstić information content (AvgIpc) is 2.89. The largest absolute Gasteiger partial charge is 0.304 e. The summed E-state index contributed by atoms with van der Waals surface area (Å²) in [6.07, 6.45) is 0.983. The summed E-state index contributed by atoms with van der Waals surface area (Å²) < 4.78 is 1.96. The summed E-state index contributed by atoms with van der Waals surface area (Å²) in [6, 6.07) is 2.50. The highest BCUT2D eigenvalue weighted by atomic mass is 32.1. The van der Waals surface area contributed by atoms with Gasteiger partial charge in [-0.05, 0) is 33.3 Å². The molecule has 0 bridgehead atoms. The highest BCUT2D eigenvalue weighted by molar-refractivity contribution is 7.11. The van der Waals surface area contributed by atoms with Gasteiger partial charge in [0.05, 0.1) is 22.1 Å². The van der Waals surface area contributed by atoms with E-state index in [1.165, 1.54) is 10.6 Å². The van der Waals surface area contributed by atoms with Gasteiger partial charge in [-0.2, -0.15) is 5.10 Å². The Bertz CT molecular complexity index is 556. The van der Waals surface area contributed by atoms with E-state index >= 15 is 0 Å². The second-order valence-corrected chi connectivity index (χ2v) is 6.12. The lowest BCUT2D eigenvalue weighted by Crippen LogP contribution is -2.19. The molecule has 2 aromatic heterocycles. The van der Waals surface area contributed by atoms with Crippen molar-refractivity contribution in [3.63, 3.8) is 0 Å². The van der Waals surface area contributed by atoms with Crippen LogP contribution in [0, 0.1) is 13.8 Å². The molecule has 2 heterocycles. The van der Waals surface area contributed by atoms with Crippen molar-refractivity contribution >= 4 is 11.3 Å². The molecule has 2 aromatic rings. The Hall–Kier alpha value is -1.20. The van der Waals surface area contributed by atoms with E-state index in [1.807, 2.05) is 11.7 Å². The Morgan fingerprint density at radius 2 is 2.16 bits per heavy atom. The molecular formula is C14H22N4S. The molecule has 0 fully saturated rings. The second kappa shape index (κ2) is 5.84. The van der Waals surface area contributed by atoms with Gasteiger partial charge < -0.3 is 5.32 Å². The molecule has 0 aliphatic heterocycles. The predicted octanol–water partition coefficient (Wildman–Crippen LogP) is 2.91. The first-order chi connectivity index (χ1) is 9.01. The Balaban J connectivity index is 2.02. The minimum absolute atomic E-state index is 0.325. The zero-order chi connectivity index (χ0) is 14.0. The molecule has 104 valence electrons. The fourth-order valence-corrected chi connectivity index (χ4v) is 3.16. The van der Waals surface area contributed by atoms with E-state index in [4.69, 9.17) is 0 Å². The van der Waals surface area contributed by atoms with Crippen LogP contribution in [-0.2, 0) is 20.0 Å². The number of aromatic nitrogens is 3. The van der Waals surface area contributed by atoms with Crippen LogP contribution in [0.2, 0.25) is 0 Å². The molecule has 4 nitrogen and oxygen atoms in total. The molecular weight excluding hydrogens is 256 g/mol. The third-order valence-corrected chi connectivity index (χ3v) is 4.57. The molecule has 5 heteroatoms. The topological polar surface area (TPSA) is 42.7 Å². The van der Waals surface area contributed by atoms with Crippen molar-refractivity contribution in [1.29, 1.82) is 0 Å². The lowest BCUT2D eigenvalue weighted by Gasteiger charge is -2.12. The van der Waals surface area contributed by atoms with Gasteiger partial charge in [-0.15, -0.1) is 11.3 Å². The molecule has 1 unspecified atom stereocenters. The minimum atomic E-state index is 0.325. The van der Waals surface area contributed by atoms with Gasteiger partial charge in [0.1, 0.15) is 0 Å². The van der Waals surface area contributed by atoms with Gasteiger partial charge in [0.2, 0.25) is 0 Å². The highest BCUT2D eigenvalue weighted by Crippen LogP contribution is 2.24. The predicted molar refractivity (Wildman–Crippen MR) is 79.4 cm³/mol.